The monoisotopic (exact) mass is 302 g/mol. The summed E-state index contributed by atoms with van der Waals surface area (Å²) in [5.41, 5.74) is -0.00122. The van der Waals surface area contributed by atoms with Gasteiger partial charge in [0.2, 0.25) is 10.0 Å². The van der Waals surface area contributed by atoms with E-state index in [-0.39, 0.29) is 10.6 Å². The quantitative estimate of drug-likeness (QED) is 0.861. The summed E-state index contributed by atoms with van der Waals surface area (Å²) in [5, 5.41) is 9.13. The fourth-order valence-electron chi connectivity index (χ4n) is 2.17. The lowest BCUT2D eigenvalue weighted by Gasteiger charge is -2.25. The Morgan fingerprint density at radius 3 is 2.60 bits per heavy atom. The van der Waals surface area contributed by atoms with Crippen molar-refractivity contribution in [3.63, 3.8) is 0 Å². The topological polar surface area (TPSA) is 88.8 Å². The smallest absolute Gasteiger partial charge is 0.352 e. The molecule has 1 aliphatic rings. The molecule has 0 atom stereocenters. The van der Waals surface area contributed by atoms with E-state index < -0.39 is 16.0 Å². The van der Waals surface area contributed by atoms with Crippen molar-refractivity contribution in [2.75, 3.05) is 26.3 Å². The van der Waals surface area contributed by atoms with E-state index in [1.807, 2.05) is 6.92 Å². The van der Waals surface area contributed by atoms with Crippen LogP contribution in [0.15, 0.2) is 17.2 Å². The molecule has 8 heteroatoms. The minimum absolute atomic E-state index is 0.00122. The highest BCUT2D eigenvalue weighted by Crippen LogP contribution is 2.20. The average molecular weight is 302 g/mol. The lowest BCUT2D eigenvalue weighted by atomic mass is 10.4. The molecule has 0 radical (unpaired) electrons. The molecule has 0 unspecified atom stereocenters. The summed E-state index contributed by atoms with van der Waals surface area (Å²) in [6.45, 7) is 3.69. The molecule has 2 heterocycles. The zero-order valence-corrected chi connectivity index (χ0v) is 12.1. The zero-order valence-electron chi connectivity index (χ0n) is 11.3. The number of hydrogen-bond donors (Lipinski definition) is 1. The third kappa shape index (κ3) is 2.87. The molecule has 112 valence electrons. The van der Waals surface area contributed by atoms with Gasteiger partial charge in [-0.1, -0.05) is 6.92 Å². The number of rotatable bonds is 5. The van der Waals surface area contributed by atoms with E-state index in [9.17, 15) is 13.2 Å². The van der Waals surface area contributed by atoms with Crippen LogP contribution in [0, 0.1) is 0 Å². The first kappa shape index (κ1) is 15.0. The number of aromatic nitrogens is 1. The Hall–Kier alpha value is -1.38. The molecule has 20 heavy (non-hydrogen) atoms. The fraction of sp³-hybridized carbons (Fsp3) is 0.583. The number of carboxylic acids is 1. The van der Waals surface area contributed by atoms with Crippen molar-refractivity contribution in [3.05, 3.63) is 18.0 Å². The first-order valence-electron chi connectivity index (χ1n) is 6.48. The van der Waals surface area contributed by atoms with E-state index in [0.29, 0.717) is 32.8 Å². The van der Waals surface area contributed by atoms with Crippen LogP contribution < -0.4 is 0 Å². The van der Waals surface area contributed by atoms with Gasteiger partial charge in [0, 0.05) is 25.8 Å². The van der Waals surface area contributed by atoms with Gasteiger partial charge in [0.25, 0.3) is 0 Å². The number of aryl methyl sites for hydroxylation is 1. The van der Waals surface area contributed by atoms with Crippen LogP contribution in [0.4, 0.5) is 0 Å². The molecular formula is C12H18N2O5S. The van der Waals surface area contributed by atoms with Gasteiger partial charge in [-0.3, -0.25) is 0 Å². The zero-order chi connectivity index (χ0) is 14.8. The summed E-state index contributed by atoms with van der Waals surface area (Å²) >= 11 is 0. The minimum Gasteiger partial charge on any atom is -0.477 e. The molecular weight excluding hydrogens is 284 g/mol. The number of morpholine rings is 1. The third-order valence-corrected chi connectivity index (χ3v) is 5.03. The average Bonchev–Trinajstić information content (AvgIpc) is 2.85. The van der Waals surface area contributed by atoms with Crippen LogP contribution in [0.1, 0.15) is 23.8 Å². The molecule has 1 aromatic heterocycles. The molecule has 0 saturated carbocycles. The van der Waals surface area contributed by atoms with Crippen LogP contribution in [0.3, 0.4) is 0 Å². The highest BCUT2D eigenvalue weighted by Gasteiger charge is 2.29. The SMILES string of the molecule is CCCn1cc(S(=O)(=O)N2CCOCC2)cc1C(=O)O. The van der Waals surface area contributed by atoms with Gasteiger partial charge in [-0.05, 0) is 12.5 Å². The molecule has 1 N–H and O–H groups in total. The van der Waals surface area contributed by atoms with Crippen molar-refractivity contribution >= 4 is 16.0 Å². The number of aromatic carboxylic acids is 1. The Labute approximate surface area is 117 Å². The van der Waals surface area contributed by atoms with Gasteiger partial charge in [0.15, 0.2) is 0 Å². The van der Waals surface area contributed by atoms with Gasteiger partial charge in [-0.25, -0.2) is 13.2 Å². The lowest BCUT2D eigenvalue weighted by molar-refractivity contribution is 0.0685. The summed E-state index contributed by atoms with van der Waals surface area (Å²) in [6, 6.07) is 1.22. The van der Waals surface area contributed by atoms with E-state index in [1.54, 1.807) is 0 Å². The van der Waals surface area contributed by atoms with E-state index in [1.165, 1.54) is 21.1 Å². The van der Waals surface area contributed by atoms with E-state index in [0.717, 1.165) is 6.42 Å². The van der Waals surface area contributed by atoms with Gasteiger partial charge in [-0.15, -0.1) is 0 Å². The van der Waals surface area contributed by atoms with Crippen molar-refractivity contribution in [2.45, 2.75) is 24.8 Å². The van der Waals surface area contributed by atoms with E-state index >= 15 is 0 Å². The first-order chi connectivity index (χ1) is 9.46. The second-order valence-corrected chi connectivity index (χ2v) is 6.51. The van der Waals surface area contributed by atoms with Crippen molar-refractivity contribution in [3.8, 4) is 0 Å². The normalized spacial score (nSPS) is 17.2. The summed E-state index contributed by atoms with van der Waals surface area (Å²) in [7, 11) is -3.65. The second-order valence-electron chi connectivity index (χ2n) is 4.58. The van der Waals surface area contributed by atoms with E-state index in [4.69, 9.17) is 9.84 Å². The Kier molecular flexibility index (Phi) is 4.46. The highest BCUT2D eigenvalue weighted by atomic mass is 32.2. The van der Waals surface area contributed by atoms with Crippen LogP contribution in [-0.2, 0) is 21.3 Å². The van der Waals surface area contributed by atoms with E-state index in [2.05, 4.69) is 0 Å². The Morgan fingerprint density at radius 1 is 1.40 bits per heavy atom. The molecule has 1 fully saturated rings. The van der Waals surface area contributed by atoms with Gasteiger partial charge < -0.3 is 14.4 Å². The maximum Gasteiger partial charge on any atom is 0.352 e. The molecule has 7 nitrogen and oxygen atoms in total. The Morgan fingerprint density at radius 2 is 2.05 bits per heavy atom. The van der Waals surface area contributed by atoms with Crippen LogP contribution in [0.25, 0.3) is 0 Å². The predicted octanol–water partition coefficient (Wildman–Crippen LogP) is 0.617. The van der Waals surface area contributed by atoms with Gasteiger partial charge in [0.05, 0.1) is 13.2 Å². The largest absolute Gasteiger partial charge is 0.477 e. The minimum atomic E-state index is -3.65. The molecule has 2 rings (SSSR count). The number of sulfonamides is 1. The Bertz CT molecular complexity index is 587. The predicted molar refractivity (Wildman–Crippen MR) is 71.3 cm³/mol. The maximum atomic E-state index is 12.4. The fourth-order valence-corrected chi connectivity index (χ4v) is 3.61. The number of carbonyl (C=O) groups is 1. The van der Waals surface area contributed by atoms with Crippen LogP contribution in [0.5, 0.6) is 0 Å². The summed E-state index contributed by atoms with van der Waals surface area (Å²) in [6.07, 6.45) is 2.13. The van der Waals surface area contributed by atoms with Crippen LogP contribution in [0.2, 0.25) is 0 Å². The third-order valence-electron chi connectivity index (χ3n) is 3.16. The molecule has 1 aromatic rings. The molecule has 1 aliphatic heterocycles. The first-order valence-corrected chi connectivity index (χ1v) is 7.92. The maximum absolute atomic E-state index is 12.4. The number of nitrogens with zero attached hydrogens (tertiary/aromatic N) is 2. The lowest BCUT2D eigenvalue weighted by Crippen LogP contribution is -2.40. The van der Waals surface area contributed by atoms with Crippen molar-refractivity contribution in [1.29, 1.82) is 0 Å². The summed E-state index contributed by atoms with van der Waals surface area (Å²) in [4.78, 5) is 11.2. The van der Waals surface area contributed by atoms with Gasteiger partial charge in [0.1, 0.15) is 10.6 Å². The number of hydrogen-bond acceptors (Lipinski definition) is 4. The highest BCUT2D eigenvalue weighted by molar-refractivity contribution is 7.89. The molecule has 0 amide bonds. The van der Waals surface area contributed by atoms with Crippen molar-refractivity contribution in [1.82, 2.24) is 8.87 Å². The number of carboxylic acid groups (broad SMARTS) is 1. The summed E-state index contributed by atoms with van der Waals surface area (Å²) < 4.78 is 32.8. The second kappa shape index (κ2) is 5.94. The van der Waals surface area contributed by atoms with Crippen molar-refractivity contribution in [2.24, 2.45) is 0 Å². The van der Waals surface area contributed by atoms with Crippen LogP contribution >= 0.6 is 0 Å². The van der Waals surface area contributed by atoms with Gasteiger partial charge >= 0.3 is 5.97 Å². The molecule has 0 spiro atoms. The van der Waals surface area contributed by atoms with Crippen LogP contribution in [-0.4, -0.2) is 54.7 Å². The summed E-state index contributed by atoms with van der Waals surface area (Å²) in [5.74, 6) is -1.12. The standard InChI is InChI=1S/C12H18N2O5S/c1-2-3-13-9-10(8-11(13)12(15)16)20(17,18)14-4-6-19-7-5-14/h8-9H,2-7H2,1H3,(H,15,16). The molecule has 1 saturated heterocycles. The number of ether oxygens (including phenoxy) is 1. The molecule has 0 bridgehead atoms. The molecule has 0 aromatic carbocycles. The van der Waals surface area contributed by atoms with Gasteiger partial charge in [-0.2, -0.15) is 4.31 Å². The Balaban J connectivity index is 2.36. The van der Waals surface area contributed by atoms with Crippen molar-refractivity contribution < 1.29 is 23.1 Å². The molecule has 0 aliphatic carbocycles.